The first-order chi connectivity index (χ1) is 11.7. The number of nitriles is 1. The van der Waals surface area contributed by atoms with E-state index < -0.39 is 5.91 Å². The number of hydrogen-bond donors (Lipinski definition) is 3. The Kier molecular flexibility index (Phi) is 4.75. The molecule has 1 aliphatic heterocycles. The zero-order chi connectivity index (χ0) is 16.9. The van der Waals surface area contributed by atoms with Crippen LogP contribution in [0.5, 0.6) is 0 Å². The van der Waals surface area contributed by atoms with Crippen molar-refractivity contribution in [3.8, 4) is 6.07 Å². The molecule has 0 aliphatic carbocycles. The molecule has 0 saturated carbocycles. The summed E-state index contributed by atoms with van der Waals surface area (Å²) < 4.78 is 5.89. The van der Waals surface area contributed by atoms with Gasteiger partial charge in [0.05, 0.1) is 6.04 Å². The molecular weight excluding hydrogens is 304 g/mol. The Morgan fingerprint density at radius 2 is 2.33 bits per heavy atom. The lowest BCUT2D eigenvalue weighted by molar-refractivity contribution is -0.116. The second kappa shape index (κ2) is 7.13. The Labute approximate surface area is 139 Å². The van der Waals surface area contributed by atoms with Crippen molar-refractivity contribution >= 4 is 16.9 Å². The fourth-order valence-electron chi connectivity index (χ4n) is 2.74. The molecule has 2 unspecified atom stereocenters. The lowest BCUT2D eigenvalue weighted by Gasteiger charge is -2.13. The molecule has 1 amide bonds. The average Bonchev–Trinajstić information content (AvgIpc) is 3.23. The molecule has 1 fully saturated rings. The van der Waals surface area contributed by atoms with Crippen LogP contribution >= 0.6 is 0 Å². The quantitative estimate of drug-likeness (QED) is 0.445. The van der Waals surface area contributed by atoms with E-state index in [1.807, 2.05) is 36.4 Å². The number of rotatable bonds is 5. The van der Waals surface area contributed by atoms with Gasteiger partial charge in [0.15, 0.2) is 0 Å². The molecule has 0 bridgehead atoms. The molecule has 2 heterocycles. The normalized spacial score (nSPS) is 20.7. The second-order valence-corrected chi connectivity index (χ2v) is 5.54. The fourth-order valence-corrected chi connectivity index (χ4v) is 2.74. The molecule has 3 N–H and O–H groups in total. The van der Waals surface area contributed by atoms with E-state index in [1.54, 1.807) is 12.2 Å². The van der Waals surface area contributed by atoms with Gasteiger partial charge >= 0.3 is 0 Å². The monoisotopic (exact) mass is 322 g/mol. The number of benzene rings is 1. The van der Waals surface area contributed by atoms with Gasteiger partial charge in [-0.05, 0) is 12.1 Å². The first-order valence-corrected chi connectivity index (χ1v) is 7.71. The van der Waals surface area contributed by atoms with E-state index in [0.29, 0.717) is 13.1 Å². The number of nitrogens with zero attached hydrogens (tertiary/aromatic N) is 1. The number of carbonyl (C=O) groups excluding carboxylic acids is 1. The molecule has 122 valence electrons. The fraction of sp³-hybridized carbons (Fsp3) is 0.222. The molecule has 3 rings (SSSR count). The topological polar surface area (TPSA) is 90.1 Å². The van der Waals surface area contributed by atoms with Crippen LogP contribution in [0.1, 0.15) is 11.8 Å². The second-order valence-electron chi connectivity index (χ2n) is 5.54. The maximum atomic E-state index is 12.0. The van der Waals surface area contributed by atoms with Crippen LogP contribution in [0.3, 0.4) is 0 Å². The number of hydrazine groups is 1. The van der Waals surface area contributed by atoms with E-state index in [2.05, 4.69) is 22.7 Å². The van der Waals surface area contributed by atoms with E-state index in [-0.39, 0.29) is 17.5 Å². The highest BCUT2D eigenvalue weighted by Gasteiger charge is 2.30. The van der Waals surface area contributed by atoms with Crippen molar-refractivity contribution in [2.45, 2.75) is 6.04 Å². The highest BCUT2D eigenvalue weighted by atomic mass is 16.3. The van der Waals surface area contributed by atoms with Crippen LogP contribution in [0.4, 0.5) is 0 Å². The SMILES string of the molecule is C=CCNC(=O)/C(C#N)=C/C1CNNC1c1cc2ccccc2o1. The number of nitrogens with one attached hydrogen (secondary N) is 3. The Morgan fingerprint density at radius 1 is 1.50 bits per heavy atom. The predicted octanol–water partition coefficient (Wildman–Crippen LogP) is 1.95. The summed E-state index contributed by atoms with van der Waals surface area (Å²) in [6, 6.07) is 11.6. The van der Waals surface area contributed by atoms with Crippen molar-refractivity contribution in [3.63, 3.8) is 0 Å². The van der Waals surface area contributed by atoms with Crippen molar-refractivity contribution in [1.82, 2.24) is 16.2 Å². The number of fused-ring (bicyclic) bond motifs is 1. The third-order valence-corrected chi connectivity index (χ3v) is 3.93. The molecule has 1 aromatic carbocycles. The highest BCUT2D eigenvalue weighted by Crippen LogP contribution is 2.31. The average molecular weight is 322 g/mol. The third-order valence-electron chi connectivity index (χ3n) is 3.93. The van der Waals surface area contributed by atoms with Gasteiger partial charge in [0, 0.05) is 24.4 Å². The molecule has 2 aromatic rings. The molecule has 6 heteroatoms. The summed E-state index contributed by atoms with van der Waals surface area (Å²) in [6.07, 6.45) is 3.26. The number of furan rings is 1. The highest BCUT2D eigenvalue weighted by molar-refractivity contribution is 5.97. The summed E-state index contributed by atoms with van der Waals surface area (Å²) in [5.41, 5.74) is 7.12. The maximum absolute atomic E-state index is 12.0. The summed E-state index contributed by atoms with van der Waals surface area (Å²) in [6.45, 7) is 4.47. The van der Waals surface area contributed by atoms with Crippen molar-refractivity contribution in [2.24, 2.45) is 5.92 Å². The van der Waals surface area contributed by atoms with Crippen molar-refractivity contribution in [1.29, 1.82) is 5.26 Å². The first kappa shape index (κ1) is 16.0. The van der Waals surface area contributed by atoms with E-state index in [9.17, 15) is 10.1 Å². The van der Waals surface area contributed by atoms with Gasteiger partial charge in [0.2, 0.25) is 0 Å². The maximum Gasteiger partial charge on any atom is 0.261 e. The van der Waals surface area contributed by atoms with Crippen LogP contribution in [0.2, 0.25) is 0 Å². The van der Waals surface area contributed by atoms with Crippen molar-refractivity contribution < 1.29 is 9.21 Å². The zero-order valence-electron chi connectivity index (χ0n) is 13.1. The van der Waals surface area contributed by atoms with Crippen LogP contribution in [-0.2, 0) is 4.79 Å². The van der Waals surface area contributed by atoms with Crippen LogP contribution in [-0.4, -0.2) is 19.0 Å². The zero-order valence-corrected chi connectivity index (χ0v) is 13.1. The standard InChI is InChI=1S/C18H18N4O2/c1-2-7-20-18(23)13(10-19)8-14-11-21-22-17(14)16-9-12-5-3-4-6-15(12)24-16/h2-6,8-9,14,17,21-22H,1,7,11H2,(H,20,23)/b13-8+. The minimum atomic E-state index is -0.396. The van der Waals surface area contributed by atoms with E-state index in [0.717, 1.165) is 16.7 Å². The molecule has 2 atom stereocenters. The van der Waals surface area contributed by atoms with Crippen LogP contribution < -0.4 is 16.2 Å². The first-order valence-electron chi connectivity index (χ1n) is 7.71. The van der Waals surface area contributed by atoms with E-state index in [4.69, 9.17) is 4.42 Å². The number of amides is 1. The molecule has 0 spiro atoms. The van der Waals surface area contributed by atoms with Gasteiger partial charge in [-0.1, -0.05) is 30.4 Å². The molecule has 6 nitrogen and oxygen atoms in total. The Morgan fingerprint density at radius 3 is 3.08 bits per heavy atom. The van der Waals surface area contributed by atoms with Gasteiger partial charge in [-0.3, -0.25) is 10.2 Å². The van der Waals surface area contributed by atoms with Gasteiger partial charge in [-0.25, -0.2) is 5.43 Å². The van der Waals surface area contributed by atoms with Crippen molar-refractivity contribution in [3.05, 3.63) is 60.4 Å². The van der Waals surface area contributed by atoms with Crippen LogP contribution in [0.15, 0.2) is 59.1 Å². The Balaban J connectivity index is 1.84. The minimum Gasteiger partial charge on any atom is -0.459 e. The number of hydrogen-bond acceptors (Lipinski definition) is 5. The van der Waals surface area contributed by atoms with E-state index in [1.165, 1.54) is 0 Å². The minimum absolute atomic E-state index is 0.0744. The van der Waals surface area contributed by atoms with Gasteiger partial charge in [0.25, 0.3) is 5.91 Å². The Hall–Kier alpha value is -2.88. The van der Waals surface area contributed by atoms with Gasteiger partial charge in [-0.2, -0.15) is 5.26 Å². The lowest BCUT2D eigenvalue weighted by atomic mass is 9.97. The third kappa shape index (κ3) is 3.23. The summed E-state index contributed by atoms with van der Waals surface area (Å²) in [5, 5.41) is 12.9. The Bertz CT molecular complexity index is 798. The summed E-state index contributed by atoms with van der Waals surface area (Å²) in [7, 11) is 0. The molecule has 1 aromatic heterocycles. The lowest BCUT2D eigenvalue weighted by Crippen LogP contribution is -2.26. The van der Waals surface area contributed by atoms with Gasteiger partial charge in [0.1, 0.15) is 23.0 Å². The molecule has 24 heavy (non-hydrogen) atoms. The van der Waals surface area contributed by atoms with Crippen molar-refractivity contribution in [2.75, 3.05) is 13.1 Å². The molecule has 0 radical (unpaired) electrons. The summed E-state index contributed by atoms with van der Waals surface area (Å²) >= 11 is 0. The molecule has 1 aliphatic rings. The van der Waals surface area contributed by atoms with Crippen LogP contribution in [0, 0.1) is 17.2 Å². The molecular formula is C18H18N4O2. The van der Waals surface area contributed by atoms with Gasteiger partial charge < -0.3 is 9.73 Å². The summed E-state index contributed by atoms with van der Waals surface area (Å²) in [5.74, 6) is 0.300. The van der Waals surface area contributed by atoms with Gasteiger partial charge in [-0.15, -0.1) is 6.58 Å². The number of carbonyl (C=O) groups is 1. The summed E-state index contributed by atoms with van der Waals surface area (Å²) in [4.78, 5) is 12.0. The van der Waals surface area contributed by atoms with E-state index >= 15 is 0 Å². The molecule has 1 saturated heterocycles. The number of para-hydroxylation sites is 1. The predicted molar refractivity (Wildman–Crippen MR) is 90.5 cm³/mol. The smallest absolute Gasteiger partial charge is 0.261 e. The van der Waals surface area contributed by atoms with Crippen LogP contribution in [0.25, 0.3) is 11.0 Å². The largest absolute Gasteiger partial charge is 0.459 e.